The van der Waals surface area contributed by atoms with E-state index in [-0.39, 0.29) is 17.2 Å². The first-order chi connectivity index (χ1) is 8.02. The largest absolute Gasteiger partial charge is 0.352 e. The average molecular weight is 272 g/mol. The number of carbonyl (C=O) groups excluding carboxylic acids is 1. The van der Waals surface area contributed by atoms with E-state index in [1.807, 2.05) is 44.4 Å². The third-order valence-corrected chi connectivity index (χ3v) is 3.74. The second kappa shape index (κ2) is 6.92. The summed E-state index contributed by atoms with van der Waals surface area (Å²) in [5, 5.41) is 3.74. The molecule has 0 spiro atoms. The number of hydrogen-bond donors (Lipinski definition) is 1. The molecule has 0 aliphatic heterocycles. The number of halogens is 1. The number of benzene rings is 1. The summed E-state index contributed by atoms with van der Waals surface area (Å²) in [5.41, 5.74) is 1.18. The third kappa shape index (κ3) is 5.00. The molecule has 0 unspecified atom stereocenters. The number of rotatable bonds is 5. The van der Waals surface area contributed by atoms with Crippen molar-refractivity contribution in [3.8, 4) is 0 Å². The fraction of sp³-hybridized carbons (Fsp3) is 0.462. The minimum absolute atomic E-state index is 0.00247. The van der Waals surface area contributed by atoms with Crippen LogP contribution in [0.25, 0.3) is 0 Å². The Bertz CT molecular complexity index is 366. The second-order valence-electron chi connectivity index (χ2n) is 4.12. The SMILES string of the molecule is CS[C@H](C)C(=O)N[C@@H](C)Cc1ccc(Cl)cc1. The molecule has 2 nitrogen and oxygen atoms in total. The molecule has 0 aliphatic rings. The zero-order chi connectivity index (χ0) is 12.8. The smallest absolute Gasteiger partial charge is 0.233 e. The maximum atomic E-state index is 11.7. The van der Waals surface area contributed by atoms with Crippen LogP contribution in [-0.2, 0) is 11.2 Å². The Kier molecular flexibility index (Phi) is 5.86. The molecule has 1 aromatic rings. The molecule has 0 radical (unpaired) electrons. The van der Waals surface area contributed by atoms with Crippen molar-refractivity contribution in [2.75, 3.05) is 6.26 Å². The van der Waals surface area contributed by atoms with E-state index in [1.165, 1.54) is 5.56 Å². The van der Waals surface area contributed by atoms with E-state index in [4.69, 9.17) is 11.6 Å². The number of thioether (sulfide) groups is 1. The summed E-state index contributed by atoms with van der Waals surface area (Å²) in [6, 6.07) is 7.86. The summed E-state index contributed by atoms with van der Waals surface area (Å²) >= 11 is 7.37. The first-order valence-corrected chi connectivity index (χ1v) is 7.27. The summed E-state index contributed by atoms with van der Waals surface area (Å²) in [6.45, 7) is 3.93. The number of amides is 1. The summed E-state index contributed by atoms with van der Waals surface area (Å²) in [7, 11) is 0. The molecule has 0 heterocycles. The molecule has 0 aromatic heterocycles. The molecule has 0 saturated carbocycles. The molecule has 17 heavy (non-hydrogen) atoms. The molecular weight excluding hydrogens is 254 g/mol. The quantitative estimate of drug-likeness (QED) is 0.891. The van der Waals surface area contributed by atoms with Gasteiger partial charge in [0.25, 0.3) is 0 Å². The molecular formula is C13H18ClNOS. The summed E-state index contributed by atoms with van der Waals surface area (Å²) in [5.74, 6) is 0.0963. The van der Waals surface area contributed by atoms with Crippen LogP contribution >= 0.6 is 23.4 Å². The molecule has 0 aliphatic carbocycles. The van der Waals surface area contributed by atoms with Gasteiger partial charge in [-0.2, -0.15) is 11.8 Å². The first-order valence-electron chi connectivity index (χ1n) is 5.60. The molecule has 0 bridgehead atoms. The highest BCUT2D eigenvalue weighted by molar-refractivity contribution is 7.99. The first kappa shape index (κ1) is 14.4. The van der Waals surface area contributed by atoms with Gasteiger partial charge < -0.3 is 5.32 Å². The lowest BCUT2D eigenvalue weighted by molar-refractivity contribution is -0.120. The van der Waals surface area contributed by atoms with Gasteiger partial charge in [0.1, 0.15) is 0 Å². The Morgan fingerprint density at radius 2 is 1.94 bits per heavy atom. The molecule has 1 rings (SSSR count). The zero-order valence-corrected chi connectivity index (χ0v) is 11.9. The van der Waals surface area contributed by atoms with E-state index in [0.29, 0.717) is 0 Å². The number of carbonyl (C=O) groups is 1. The van der Waals surface area contributed by atoms with E-state index in [9.17, 15) is 4.79 Å². The van der Waals surface area contributed by atoms with Gasteiger partial charge in [0.2, 0.25) is 5.91 Å². The summed E-state index contributed by atoms with van der Waals surface area (Å²) in [6.07, 6.45) is 2.76. The molecule has 1 aromatic carbocycles. The number of nitrogens with one attached hydrogen (secondary N) is 1. The fourth-order valence-electron chi connectivity index (χ4n) is 1.49. The molecule has 1 N–H and O–H groups in total. The minimum atomic E-state index is 0.00247. The highest BCUT2D eigenvalue weighted by Crippen LogP contribution is 2.11. The van der Waals surface area contributed by atoms with Gasteiger partial charge in [-0.1, -0.05) is 23.7 Å². The number of hydrogen-bond acceptors (Lipinski definition) is 2. The molecule has 0 saturated heterocycles. The van der Waals surface area contributed by atoms with Crippen molar-refractivity contribution >= 4 is 29.3 Å². The van der Waals surface area contributed by atoms with Gasteiger partial charge in [-0.25, -0.2) is 0 Å². The van der Waals surface area contributed by atoms with E-state index >= 15 is 0 Å². The Hall–Kier alpha value is -0.670. The van der Waals surface area contributed by atoms with Crippen LogP contribution in [0.5, 0.6) is 0 Å². The standard InChI is InChI=1S/C13H18ClNOS/c1-9(15-13(16)10(2)17-3)8-11-4-6-12(14)7-5-11/h4-7,9-10H,8H2,1-3H3,(H,15,16)/t9-,10+/m0/s1. The topological polar surface area (TPSA) is 29.1 Å². The molecule has 0 fully saturated rings. The van der Waals surface area contributed by atoms with Crippen LogP contribution in [0.3, 0.4) is 0 Å². The van der Waals surface area contributed by atoms with Crippen LogP contribution in [-0.4, -0.2) is 23.5 Å². The Morgan fingerprint density at radius 3 is 2.47 bits per heavy atom. The Labute approximate surface area is 112 Å². The van der Waals surface area contributed by atoms with Gasteiger partial charge >= 0.3 is 0 Å². The van der Waals surface area contributed by atoms with E-state index in [1.54, 1.807) is 11.8 Å². The van der Waals surface area contributed by atoms with Crippen LogP contribution in [0, 0.1) is 0 Å². The predicted octanol–water partition coefficient (Wildman–Crippen LogP) is 3.14. The van der Waals surface area contributed by atoms with Crippen molar-refractivity contribution in [1.29, 1.82) is 0 Å². The van der Waals surface area contributed by atoms with E-state index < -0.39 is 0 Å². The van der Waals surface area contributed by atoms with E-state index in [0.717, 1.165) is 11.4 Å². The Balaban J connectivity index is 2.47. The molecule has 4 heteroatoms. The lowest BCUT2D eigenvalue weighted by Gasteiger charge is -2.16. The lowest BCUT2D eigenvalue weighted by Crippen LogP contribution is -2.38. The van der Waals surface area contributed by atoms with Crippen LogP contribution < -0.4 is 5.32 Å². The van der Waals surface area contributed by atoms with Crippen LogP contribution in [0.15, 0.2) is 24.3 Å². The van der Waals surface area contributed by atoms with Crippen molar-refractivity contribution in [1.82, 2.24) is 5.32 Å². The average Bonchev–Trinajstić information content (AvgIpc) is 2.30. The molecule has 2 atom stereocenters. The minimum Gasteiger partial charge on any atom is -0.352 e. The van der Waals surface area contributed by atoms with Crippen molar-refractivity contribution < 1.29 is 4.79 Å². The highest BCUT2D eigenvalue weighted by atomic mass is 35.5. The van der Waals surface area contributed by atoms with Crippen molar-refractivity contribution in [2.45, 2.75) is 31.6 Å². The van der Waals surface area contributed by atoms with Gasteiger partial charge in [-0.15, -0.1) is 0 Å². The van der Waals surface area contributed by atoms with E-state index in [2.05, 4.69) is 5.32 Å². The zero-order valence-electron chi connectivity index (χ0n) is 10.4. The Morgan fingerprint density at radius 1 is 1.35 bits per heavy atom. The highest BCUT2D eigenvalue weighted by Gasteiger charge is 2.13. The fourth-order valence-corrected chi connectivity index (χ4v) is 1.90. The summed E-state index contributed by atoms with van der Waals surface area (Å²) in [4.78, 5) is 11.7. The van der Waals surface area contributed by atoms with Gasteiger partial charge in [-0.05, 0) is 44.2 Å². The van der Waals surface area contributed by atoms with Crippen LogP contribution in [0.1, 0.15) is 19.4 Å². The predicted molar refractivity (Wildman–Crippen MR) is 75.7 cm³/mol. The van der Waals surface area contributed by atoms with Gasteiger partial charge in [-0.3, -0.25) is 4.79 Å². The molecule has 94 valence electrons. The van der Waals surface area contributed by atoms with Crippen molar-refractivity contribution in [3.63, 3.8) is 0 Å². The summed E-state index contributed by atoms with van der Waals surface area (Å²) < 4.78 is 0. The van der Waals surface area contributed by atoms with Crippen molar-refractivity contribution in [2.24, 2.45) is 0 Å². The lowest BCUT2D eigenvalue weighted by atomic mass is 10.1. The van der Waals surface area contributed by atoms with Crippen LogP contribution in [0.2, 0.25) is 5.02 Å². The van der Waals surface area contributed by atoms with Crippen molar-refractivity contribution in [3.05, 3.63) is 34.9 Å². The maximum Gasteiger partial charge on any atom is 0.233 e. The third-order valence-electron chi connectivity index (χ3n) is 2.57. The van der Waals surface area contributed by atoms with Gasteiger partial charge in [0.15, 0.2) is 0 Å². The normalized spacial score (nSPS) is 14.1. The maximum absolute atomic E-state index is 11.7. The molecule has 1 amide bonds. The monoisotopic (exact) mass is 271 g/mol. The second-order valence-corrected chi connectivity index (χ2v) is 5.73. The van der Waals surface area contributed by atoms with Gasteiger partial charge in [0, 0.05) is 11.1 Å². The van der Waals surface area contributed by atoms with Gasteiger partial charge in [0.05, 0.1) is 5.25 Å². The van der Waals surface area contributed by atoms with Crippen LogP contribution in [0.4, 0.5) is 0 Å².